The van der Waals surface area contributed by atoms with Gasteiger partial charge >= 0.3 is 0 Å². The molecular weight excluding hydrogens is 309 g/mol. The molecule has 1 aliphatic rings. The summed E-state index contributed by atoms with van der Waals surface area (Å²) in [7, 11) is 0. The minimum absolute atomic E-state index is 0.0949. The van der Waals surface area contributed by atoms with Gasteiger partial charge in [0.2, 0.25) is 0 Å². The Morgan fingerprint density at radius 3 is 2.79 bits per heavy atom. The quantitative estimate of drug-likeness (QED) is 0.798. The van der Waals surface area contributed by atoms with Crippen LogP contribution in [-0.2, 0) is 11.3 Å². The van der Waals surface area contributed by atoms with E-state index in [1.54, 1.807) is 25.3 Å². The summed E-state index contributed by atoms with van der Waals surface area (Å²) < 4.78 is 24.3. The van der Waals surface area contributed by atoms with E-state index in [2.05, 4.69) is 0 Å². The molecule has 128 valence electrons. The number of nitrogens with zero attached hydrogens (tertiary/aromatic N) is 1. The average molecular weight is 331 g/mol. The van der Waals surface area contributed by atoms with E-state index < -0.39 is 6.10 Å². The first-order valence-electron chi connectivity index (χ1n) is 8.38. The van der Waals surface area contributed by atoms with Gasteiger partial charge in [-0.05, 0) is 44.0 Å². The van der Waals surface area contributed by atoms with Crippen LogP contribution in [0.5, 0.6) is 5.75 Å². The molecule has 1 aromatic carbocycles. The maximum atomic E-state index is 13.3. The lowest BCUT2D eigenvalue weighted by Crippen LogP contribution is -2.45. The van der Waals surface area contributed by atoms with Crippen molar-refractivity contribution in [2.75, 3.05) is 0 Å². The lowest BCUT2D eigenvalue weighted by molar-refractivity contribution is -0.141. The van der Waals surface area contributed by atoms with Crippen LogP contribution in [0.25, 0.3) is 0 Å². The molecule has 1 aromatic heterocycles. The number of hydrogen-bond acceptors (Lipinski definition) is 3. The van der Waals surface area contributed by atoms with Gasteiger partial charge in [0.25, 0.3) is 5.91 Å². The van der Waals surface area contributed by atoms with E-state index >= 15 is 0 Å². The predicted octanol–water partition coefficient (Wildman–Crippen LogP) is 4.16. The van der Waals surface area contributed by atoms with E-state index in [1.165, 1.54) is 12.1 Å². The fraction of sp³-hybridized carbons (Fsp3) is 0.421. The van der Waals surface area contributed by atoms with E-state index in [1.807, 2.05) is 17.0 Å². The van der Waals surface area contributed by atoms with Crippen LogP contribution in [0, 0.1) is 5.82 Å². The first-order chi connectivity index (χ1) is 11.6. The summed E-state index contributed by atoms with van der Waals surface area (Å²) in [4.78, 5) is 14.8. The summed E-state index contributed by atoms with van der Waals surface area (Å²) >= 11 is 0. The van der Waals surface area contributed by atoms with Gasteiger partial charge in [0.15, 0.2) is 6.10 Å². The van der Waals surface area contributed by atoms with Crippen molar-refractivity contribution in [3.63, 3.8) is 0 Å². The molecule has 3 rings (SSSR count). The van der Waals surface area contributed by atoms with Gasteiger partial charge in [-0.25, -0.2) is 4.39 Å². The second-order valence-corrected chi connectivity index (χ2v) is 6.20. The van der Waals surface area contributed by atoms with Gasteiger partial charge in [-0.1, -0.05) is 18.9 Å². The normalized spacial score (nSPS) is 16.1. The van der Waals surface area contributed by atoms with Crippen LogP contribution in [-0.4, -0.2) is 23.0 Å². The lowest BCUT2D eigenvalue weighted by atomic mass is 10.1. The number of amides is 1. The van der Waals surface area contributed by atoms with E-state index in [4.69, 9.17) is 9.15 Å². The van der Waals surface area contributed by atoms with Crippen LogP contribution < -0.4 is 4.74 Å². The Morgan fingerprint density at radius 2 is 2.12 bits per heavy atom. The molecule has 0 aliphatic heterocycles. The number of carbonyl (C=O) groups excluding carboxylic acids is 1. The van der Waals surface area contributed by atoms with Crippen molar-refractivity contribution in [1.29, 1.82) is 0 Å². The maximum Gasteiger partial charge on any atom is 0.264 e. The fourth-order valence-electron chi connectivity index (χ4n) is 3.20. The third kappa shape index (κ3) is 3.96. The molecular formula is C19H22FNO3. The number of ether oxygens (including phenoxy) is 1. The zero-order chi connectivity index (χ0) is 16.9. The van der Waals surface area contributed by atoms with Crippen LogP contribution in [0.1, 0.15) is 38.4 Å². The number of halogens is 1. The van der Waals surface area contributed by atoms with Crippen LogP contribution in [0.3, 0.4) is 0 Å². The zero-order valence-corrected chi connectivity index (χ0v) is 13.8. The number of hydrogen-bond donors (Lipinski definition) is 0. The number of furan rings is 1. The zero-order valence-electron chi connectivity index (χ0n) is 13.8. The number of rotatable bonds is 6. The molecule has 1 atom stereocenters. The Balaban J connectivity index is 1.71. The van der Waals surface area contributed by atoms with Gasteiger partial charge in [0.05, 0.1) is 12.8 Å². The summed E-state index contributed by atoms with van der Waals surface area (Å²) in [6, 6.07) is 9.75. The van der Waals surface area contributed by atoms with Gasteiger partial charge in [-0.2, -0.15) is 0 Å². The molecule has 0 radical (unpaired) electrons. The number of carbonyl (C=O) groups is 1. The second kappa shape index (κ2) is 7.51. The summed E-state index contributed by atoms with van der Waals surface area (Å²) in [6.07, 6.45) is 5.19. The molecule has 5 heteroatoms. The first-order valence-corrected chi connectivity index (χ1v) is 8.38. The van der Waals surface area contributed by atoms with Crippen LogP contribution in [0.15, 0.2) is 47.1 Å². The molecule has 0 saturated heterocycles. The SMILES string of the molecule is CC(Oc1cccc(F)c1)C(=O)N(Cc1ccco1)C1CCCC1. The molecule has 0 spiro atoms. The molecule has 1 fully saturated rings. The highest BCUT2D eigenvalue weighted by Gasteiger charge is 2.31. The van der Waals surface area contributed by atoms with Crippen LogP contribution >= 0.6 is 0 Å². The Morgan fingerprint density at radius 1 is 1.33 bits per heavy atom. The Bertz CT molecular complexity index is 665. The van der Waals surface area contributed by atoms with Crippen molar-refractivity contribution in [2.45, 2.75) is 51.3 Å². The monoisotopic (exact) mass is 331 g/mol. The van der Waals surface area contributed by atoms with E-state index in [0.29, 0.717) is 12.3 Å². The van der Waals surface area contributed by atoms with Crippen molar-refractivity contribution < 1.29 is 18.3 Å². The average Bonchev–Trinajstić information content (AvgIpc) is 3.25. The molecule has 0 bridgehead atoms. The van der Waals surface area contributed by atoms with Crippen molar-refractivity contribution in [3.05, 3.63) is 54.2 Å². The van der Waals surface area contributed by atoms with Gasteiger partial charge < -0.3 is 14.1 Å². The Hall–Kier alpha value is -2.30. The molecule has 4 nitrogen and oxygen atoms in total. The number of benzene rings is 1. The highest BCUT2D eigenvalue weighted by molar-refractivity contribution is 5.81. The Kier molecular flexibility index (Phi) is 5.18. The maximum absolute atomic E-state index is 13.3. The smallest absolute Gasteiger partial charge is 0.264 e. The summed E-state index contributed by atoms with van der Waals surface area (Å²) in [5.74, 6) is 0.645. The third-order valence-corrected chi connectivity index (χ3v) is 4.41. The third-order valence-electron chi connectivity index (χ3n) is 4.41. The minimum Gasteiger partial charge on any atom is -0.481 e. The molecule has 24 heavy (non-hydrogen) atoms. The van der Waals surface area contributed by atoms with Crippen molar-refractivity contribution in [2.24, 2.45) is 0 Å². The predicted molar refractivity (Wildman–Crippen MR) is 88.0 cm³/mol. The van der Waals surface area contributed by atoms with Gasteiger partial charge in [-0.3, -0.25) is 4.79 Å². The molecule has 1 heterocycles. The summed E-state index contributed by atoms with van der Waals surface area (Å²) in [5.41, 5.74) is 0. The second-order valence-electron chi connectivity index (χ2n) is 6.20. The van der Waals surface area contributed by atoms with E-state index in [-0.39, 0.29) is 17.8 Å². The summed E-state index contributed by atoms with van der Waals surface area (Å²) in [5, 5.41) is 0. The van der Waals surface area contributed by atoms with Crippen molar-refractivity contribution in [3.8, 4) is 5.75 Å². The van der Waals surface area contributed by atoms with Crippen molar-refractivity contribution in [1.82, 2.24) is 4.90 Å². The van der Waals surface area contributed by atoms with Gasteiger partial charge in [0, 0.05) is 12.1 Å². The molecule has 0 N–H and O–H groups in total. The standard InChI is InChI=1S/C19H22FNO3/c1-14(24-17-9-4-6-15(20)12-17)19(22)21(16-7-2-3-8-16)13-18-10-5-11-23-18/h4-6,9-12,14,16H,2-3,7-8,13H2,1H3. The van der Waals surface area contributed by atoms with Gasteiger partial charge in [0.1, 0.15) is 17.3 Å². The van der Waals surface area contributed by atoms with E-state index in [0.717, 1.165) is 31.4 Å². The summed E-state index contributed by atoms with van der Waals surface area (Å²) in [6.45, 7) is 2.14. The molecule has 1 saturated carbocycles. The molecule has 1 unspecified atom stereocenters. The fourth-order valence-corrected chi connectivity index (χ4v) is 3.20. The van der Waals surface area contributed by atoms with E-state index in [9.17, 15) is 9.18 Å². The first kappa shape index (κ1) is 16.6. The molecule has 1 aliphatic carbocycles. The largest absolute Gasteiger partial charge is 0.481 e. The molecule has 2 aromatic rings. The van der Waals surface area contributed by atoms with Crippen LogP contribution in [0.2, 0.25) is 0 Å². The van der Waals surface area contributed by atoms with Crippen LogP contribution in [0.4, 0.5) is 4.39 Å². The topological polar surface area (TPSA) is 42.7 Å². The lowest BCUT2D eigenvalue weighted by Gasteiger charge is -2.30. The van der Waals surface area contributed by atoms with Gasteiger partial charge in [-0.15, -0.1) is 0 Å². The molecule has 1 amide bonds. The Labute approximate surface area is 141 Å². The van der Waals surface area contributed by atoms with Crippen molar-refractivity contribution >= 4 is 5.91 Å². The minimum atomic E-state index is -0.678. The highest BCUT2D eigenvalue weighted by atomic mass is 19.1. The highest BCUT2D eigenvalue weighted by Crippen LogP contribution is 2.26.